The van der Waals surface area contributed by atoms with Crippen LogP contribution in [0.5, 0.6) is 0 Å². The van der Waals surface area contributed by atoms with E-state index in [0.29, 0.717) is 16.4 Å². The minimum atomic E-state index is -1.03. The molecule has 12 heteroatoms. The molecule has 0 fully saturated rings. The molecule has 0 saturated carbocycles. The molecular formula is C24H39N3O8S. The number of hydrogen-bond donors (Lipinski definition) is 6. The average molecular weight is 530 g/mol. The van der Waals surface area contributed by atoms with Crippen molar-refractivity contribution in [2.75, 3.05) is 57.6 Å². The molecule has 0 aliphatic rings. The van der Waals surface area contributed by atoms with Crippen molar-refractivity contribution >= 4 is 23.1 Å². The lowest BCUT2D eigenvalue weighted by Gasteiger charge is -2.30. The molecule has 0 spiro atoms. The lowest BCUT2D eigenvalue weighted by molar-refractivity contribution is -0.0268. The minimum Gasteiger partial charge on any atom is -0.394 e. The van der Waals surface area contributed by atoms with Gasteiger partial charge in [-0.3, -0.25) is 0 Å². The maximum atomic E-state index is 10.5. The smallest absolute Gasteiger partial charge is 0.116 e. The third-order valence-corrected chi connectivity index (χ3v) is 5.44. The summed E-state index contributed by atoms with van der Waals surface area (Å²) >= 11 is 1.36. The fourth-order valence-electron chi connectivity index (χ4n) is 2.91. The molecule has 0 amide bonds. The first-order valence-corrected chi connectivity index (χ1v) is 12.4. The lowest BCUT2D eigenvalue weighted by Crippen LogP contribution is -2.41. The molecule has 0 heterocycles. The Bertz CT molecular complexity index is 803. The summed E-state index contributed by atoms with van der Waals surface area (Å²) in [7, 11) is 0. The lowest BCUT2D eigenvalue weighted by atomic mass is 10.1. The highest BCUT2D eigenvalue weighted by Crippen LogP contribution is 2.27. The number of nitrogens with zero attached hydrogens (tertiary/aromatic N) is 3. The molecule has 0 aliphatic heterocycles. The van der Waals surface area contributed by atoms with Crippen molar-refractivity contribution < 1.29 is 40.1 Å². The quantitative estimate of drug-likeness (QED) is 0.143. The van der Waals surface area contributed by atoms with Crippen molar-refractivity contribution in [1.82, 2.24) is 0 Å². The van der Waals surface area contributed by atoms with Crippen LogP contribution in [0.4, 0.5) is 11.4 Å². The Morgan fingerprint density at radius 1 is 0.972 bits per heavy atom. The van der Waals surface area contributed by atoms with Crippen LogP contribution in [0.3, 0.4) is 0 Å². The number of rotatable bonds is 19. The van der Waals surface area contributed by atoms with Crippen molar-refractivity contribution in [2.45, 2.75) is 38.3 Å². The Hall–Kier alpha value is -1.87. The maximum Gasteiger partial charge on any atom is 0.116 e. The van der Waals surface area contributed by atoms with Crippen LogP contribution in [-0.4, -0.2) is 108 Å². The molecule has 36 heavy (non-hydrogen) atoms. The zero-order valence-corrected chi connectivity index (χ0v) is 21.6. The van der Waals surface area contributed by atoms with Crippen LogP contribution in [0.1, 0.15) is 12.5 Å². The predicted octanol–water partition coefficient (Wildman–Crippen LogP) is 1.08. The molecule has 0 radical (unpaired) electrons. The van der Waals surface area contributed by atoms with E-state index in [1.165, 1.54) is 11.8 Å². The molecule has 0 aromatic heterocycles. The molecule has 1 rings (SSSR count). The Balaban J connectivity index is 2.92. The van der Waals surface area contributed by atoms with Gasteiger partial charge in [0.2, 0.25) is 0 Å². The standard InChI is InChI=1S/C24H39N3O8S/c1-4-7-36-18(3)25-26-24-6-5-19(8-17(24)2)27(9-20(30)13-34-15-22(32)11-28)10-21(31)14-35-16-23(33)12-29/h4-8,20-23,28-33H,3,9-16H2,1-2H3/b7-4-,26-25?. The second-order valence-corrected chi connectivity index (χ2v) is 9.09. The van der Waals surface area contributed by atoms with E-state index < -0.39 is 37.6 Å². The van der Waals surface area contributed by atoms with E-state index in [2.05, 4.69) is 16.8 Å². The SMILES string of the molecule is C=C(N=Nc1ccc(N(CC(O)COCC(O)CO)CC(O)COCC(O)CO)cc1C)S/C=C\C. The van der Waals surface area contributed by atoms with E-state index in [4.69, 9.17) is 19.7 Å². The first-order chi connectivity index (χ1) is 17.2. The van der Waals surface area contributed by atoms with Crippen LogP contribution in [0, 0.1) is 6.92 Å². The second kappa shape index (κ2) is 18.4. The Kier molecular flexibility index (Phi) is 16.4. The fourth-order valence-corrected chi connectivity index (χ4v) is 3.29. The Morgan fingerprint density at radius 2 is 1.50 bits per heavy atom. The molecule has 1 aromatic rings. The van der Waals surface area contributed by atoms with E-state index >= 15 is 0 Å². The number of anilines is 1. The van der Waals surface area contributed by atoms with E-state index in [9.17, 15) is 20.4 Å². The van der Waals surface area contributed by atoms with Crippen molar-refractivity contribution in [1.29, 1.82) is 0 Å². The number of hydrogen-bond acceptors (Lipinski definition) is 12. The van der Waals surface area contributed by atoms with E-state index in [0.717, 1.165) is 5.56 Å². The van der Waals surface area contributed by atoms with Gasteiger partial charge in [0.05, 0.1) is 57.5 Å². The van der Waals surface area contributed by atoms with Crippen LogP contribution in [0.15, 0.2) is 51.5 Å². The van der Waals surface area contributed by atoms with Gasteiger partial charge in [0.15, 0.2) is 0 Å². The number of aliphatic hydroxyl groups is 6. The van der Waals surface area contributed by atoms with Crippen LogP contribution in [0.25, 0.3) is 0 Å². The van der Waals surface area contributed by atoms with Gasteiger partial charge >= 0.3 is 0 Å². The zero-order valence-electron chi connectivity index (χ0n) is 20.8. The molecule has 4 unspecified atom stereocenters. The highest BCUT2D eigenvalue weighted by Gasteiger charge is 2.19. The first-order valence-electron chi connectivity index (χ1n) is 11.5. The average Bonchev–Trinajstić information content (AvgIpc) is 2.85. The molecule has 0 saturated heterocycles. The zero-order chi connectivity index (χ0) is 26.9. The number of benzene rings is 1. The number of aliphatic hydroxyl groups excluding tert-OH is 6. The molecule has 0 bridgehead atoms. The second-order valence-electron chi connectivity index (χ2n) is 8.11. The van der Waals surface area contributed by atoms with Gasteiger partial charge in [-0.25, -0.2) is 0 Å². The monoisotopic (exact) mass is 529 g/mol. The van der Waals surface area contributed by atoms with Gasteiger partial charge in [-0.05, 0) is 43.0 Å². The summed E-state index contributed by atoms with van der Waals surface area (Å²) in [6.45, 7) is 6.51. The third-order valence-electron chi connectivity index (χ3n) is 4.68. The van der Waals surface area contributed by atoms with Gasteiger partial charge in [-0.2, -0.15) is 0 Å². The van der Waals surface area contributed by atoms with Crippen LogP contribution >= 0.6 is 11.8 Å². The number of thioether (sulfide) groups is 1. The molecular weight excluding hydrogens is 490 g/mol. The van der Waals surface area contributed by atoms with Crippen LogP contribution < -0.4 is 4.90 Å². The summed E-state index contributed by atoms with van der Waals surface area (Å²) in [4.78, 5) is 1.75. The molecule has 11 nitrogen and oxygen atoms in total. The first kappa shape index (κ1) is 32.2. The molecule has 0 aliphatic carbocycles. The topological polar surface area (TPSA) is 168 Å². The van der Waals surface area contributed by atoms with Crippen LogP contribution in [0.2, 0.25) is 0 Å². The highest BCUT2D eigenvalue weighted by molar-refractivity contribution is 8.05. The number of allylic oxidation sites excluding steroid dienone is 1. The van der Waals surface area contributed by atoms with Gasteiger partial charge in [-0.1, -0.05) is 24.4 Å². The molecule has 1 aromatic carbocycles. The molecule has 204 valence electrons. The van der Waals surface area contributed by atoms with Gasteiger partial charge < -0.3 is 45.0 Å². The third kappa shape index (κ3) is 13.4. The summed E-state index contributed by atoms with van der Waals surface area (Å²) in [6, 6.07) is 5.41. The van der Waals surface area contributed by atoms with Gasteiger partial charge in [0.25, 0.3) is 0 Å². The van der Waals surface area contributed by atoms with E-state index in [1.807, 2.05) is 31.4 Å². The number of azo groups is 1. The Labute approximate surface area is 216 Å². The normalized spacial score (nSPS) is 15.3. The van der Waals surface area contributed by atoms with Gasteiger partial charge in [0.1, 0.15) is 17.2 Å². The van der Waals surface area contributed by atoms with Crippen molar-refractivity contribution in [3.8, 4) is 0 Å². The Morgan fingerprint density at radius 3 is 1.97 bits per heavy atom. The predicted molar refractivity (Wildman–Crippen MR) is 139 cm³/mol. The fraction of sp³-hybridized carbons (Fsp3) is 0.583. The summed E-state index contributed by atoms with van der Waals surface area (Å²) in [5, 5.41) is 68.2. The van der Waals surface area contributed by atoms with Crippen molar-refractivity contribution in [3.05, 3.63) is 46.9 Å². The highest BCUT2D eigenvalue weighted by atomic mass is 32.2. The van der Waals surface area contributed by atoms with E-state index in [-0.39, 0.29) is 39.5 Å². The maximum absolute atomic E-state index is 10.5. The van der Waals surface area contributed by atoms with Gasteiger partial charge in [-0.15, -0.1) is 10.2 Å². The van der Waals surface area contributed by atoms with Gasteiger partial charge in [0, 0.05) is 18.8 Å². The van der Waals surface area contributed by atoms with E-state index in [1.54, 1.807) is 17.0 Å². The van der Waals surface area contributed by atoms with Crippen molar-refractivity contribution in [3.63, 3.8) is 0 Å². The molecule has 4 atom stereocenters. The largest absolute Gasteiger partial charge is 0.394 e. The summed E-state index contributed by atoms with van der Waals surface area (Å²) in [5.41, 5.74) is 2.17. The molecule has 6 N–H and O–H groups in total. The van der Waals surface area contributed by atoms with Crippen molar-refractivity contribution in [2.24, 2.45) is 10.2 Å². The summed E-state index contributed by atoms with van der Waals surface area (Å²) in [5.74, 6) is 0. The van der Waals surface area contributed by atoms with Crippen LogP contribution in [-0.2, 0) is 9.47 Å². The summed E-state index contributed by atoms with van der Waals surface area (Å²) < 4.78 is 10.5. The summed E-state index contributed by atoms with van der Waals surface area (Å²) in [6.07, 6.45) is -2.09. The number of ether oxygens (including phenoxy) is 2. The minimum absolute atomic E-state index is 0.0832. The number of aryl methyl sites for hydroxylation is 1.